The van der Waals surface area contributed by atoms with E-state index in [2.05, 4.69) is 6.92 Å². The second-order valence-corrected chi connectivity index (χ2v) is 4.07. The van der Waals surface area contributed by atoms with Gasteiger partial charge in [0.05, 0.1) is 20.8 Å². The SMILES string of the molecule is COCC(C)C(N)c1ccc(OC)c(OC)c1. The van der Waals surface area contributed by atoms with Crippen molar-refractivity contribution in [2.75, 3.05) is 27.9 Å². The van der Waals surface area contributed by atoms with E-state index in [9.17, 15) is 0 Å². The molecule has 17 heavy (non-hydrogen) atoms. The van der Waals surface area contributed by atoms with Gasteiger partial charge < -0.3 is 19.9 Å². The third-order valence-electron chi connectivity index (χ3n) is 2.84. The largest absolute Gasteiger partial charge is 0.493 e. The van der Waals surface area contributed by atoms with Gasteiger partial charge in [-0.05, 0) is 23.6 Å². The fourth-order valence-corrected chi connectivity index (χ4v) is 1.76. The molecule has 0 fully saturated rings. The zero-order chi connectivity index (χ0) is 12.8. The van der Waals surface area contributed by atoms with Gasteiger partial charge in [0.1, 0.15) is 0 Å². The maximum absolute atomic E-state index is 6.16. The Morgan fingerprint density at radius 2 is 1.76 bits per heavy atom. The van der Waals surface area contributed by atoms with Gasteiger partial charge in [-0.25, -0.2) is 0 Å². The molecule has 4 heteroatoms. The molecule has 1 aromatic rings. The first-order valence-electron chi connectivity index (χ1n) is 5.60. The molecule has 0 bridgehead atoms. The highest BCUT2D eigenvalue weighted by Gasteiger charge is 2.16. The van der Waals surface area contributed by atoms with Gasteiger partial charge in [0.15, 0.2) is 11.5 Å². The summed E-state index contributed by atoms with van der Waals surface area (Å²) in [5.41, 5.74) is 7.18. The molecule has 0 saturated heterocycles. The van der Waals surface area contributed by atoms with Crippen molar-refractivity contribution in [2.24, 2.45) is 11.7 Å². The van der Waals surface area contributed by atoms with E-state index in [1.54, 1.807) is 21.3 Å². The van der Waals surface area contributed by atoms with Gasteiger partial charge in [-0.3, -0.25) is 0 Å². The predicted octanol–water partition coefficient (Wildman–Crippen LogP) is 1.99. The summed E-state index contributed by atoms with van der Waals surface area (Å²) in [6.45, 7) is 2.69. The summed E-state index contributed by atoms with van der Waals surface area (Å²) in [5, 5.41) is 0. The molecule has 2 N–H and O–H groups in total. The minimum absolute atomic E-state index is 0.0743. The molecular weight excluding hydrogens is 218 g/mol. The number of rotatable bonds is 6. The van der Waals surface area contributed by atoms with Crippen LogP contribution in [-0.2, 0) is 4.74 Å². The minimum Gasteiger partial charge on any atom is -0.493 e. The molecule has 0 spiro atoms. The molecule has 0 saturated carbocycles. The highest BCUT2D eigenvalue weighted by Crippen LogP contribution is 2.31. The monoisotopic (exact) mass is 239 g/mol. The van der Waals surface area contributed by atoms with Crippen LogP contribution in [0.25, 0.3) is 0 Å². The van der Waals surface area contributed by atoms with E-state index in [-0.39, 0.29) is 12.0 Å². The number of benzene rings is 1. The van der Waals surface area contributed by atoms with Gasteiger partial charge in [-0.2, -0.15) is 0 Å². The van der Waals surface area contributed by atoms with Gasteiger partial charge >= 0.3 is 0 Å². The van der Waals surface area contributed by atoms with Crippen molar-refractivity contribution < 1.29 is 14.2 Å². The third-order valence-corrected chi connectivity index (χ3v) is 2.84. The fraction of sp³-hybridized carbons (Fsp3) is 0.538. The minimum atomic E-state index is -0.0743. The lowest BCUT2D eigenvalue weighted by molar-refractivity contribution is 0.147. The van der Waals surface area contributed by atoms with Crippen LogP contribution in [0, 0.1) is 5.92 Å². The van der Waals surface area contributed by atoms with Gasteiger partial charge in [-0.1, -0.05) is 13.0 Å². The Morgan fingerprint density at radius 1 is 1.12 bits per heavy atom. The van der Waals surface area contributed by atoms with Crippen LogP contribution in [0.5, 0.6) is 11.5 Å². The zero-order valence-corrected chi connectivity index (χ0v) is 10.9. The number of ether oxygens (including phenoxy) is 3. The summed E-state index contributed by atoms with van der Waals surface area (Å²) < 4.78 is 15.6. The first-order valence-corrected chi connectivity index (χ1v) is 5.60. The summed E-state index contributed by atoms with van der Waals surface area (Å²) in [5.74, 6) is 1.66. The van der Waals surface area contributed by atoms with Crippen molar-refractivity contribution in [2.45, 2.75) is 13.0 Å². The van der Waals surface area contributed by atoms with Crippen LogP contribution in [-0.4, -0.2) is 27.9 Å². The van der Waals surface area contributed by atoms with Crippen molar-refractivity contribution in [3.05, 3.63) is 23.8 Å². The van der Waals surface area contributed by atoms with E-state index < -0.39 is 0 Å². The molecule has 0 radical (unpaired) electrons. The molecule has 2 atom stereocenters. The topological polar surface area (TPSA) is 53.7 Å². The Morgan fingerprint density at radius 3 is 2.29 bits per heavy atom. The molecule has 0 aliphatic rings. The summed E-state index contributed by atoms with van der Waals surface area (Å²) in [6.07, 6.45) is 0. The summed E-state index contributed by atoms with van der Waals surface area (Å²) in [6, 6.07) is 5.66. The average Bonchev–Trinajstić information content (AvgIpc) is 2.37. The lowest BCUT2D eigenvalue weighted by Crippen LogP contribution is -2.22. The number of methoxy groups -OCH3 is 3. The molecule has 0 amide bonds. The molecule has 0 aromatic heterocycles. The summed E-state index contributed by atoms with van der Waals surface area (Å²) in [7, 11) is 4.91. The van der Waals surface area contributed by atoms with E-state index in [0.717, 1.165) is 5.56 Å². The van der Waals surface area contributed by atoms with E-state index in [0.29, 0.717) is 18.1 Å². The molecule has 2 unspecified atom stereocenters. The van der Waals surface area contributed by atoms with Crippen LogP contribution >= 0.6 is 0 Å². The van der Waals surface area contributed by atoms with Crippen LogP contribution < -0.4 is 15.2 Å². The lowest BCUT2D eigenvalue weighted by atomic mass is 9.96. The molecule has 0 heterocycles. The van der Waals surface area contributed by atoms with E-state index in [1.165, 1.54) is 0 Å². The van der Waals surface area contributed by atoms with Crippen LogP contribution in [0.3, 0.4) is 0 Å². The number of hydrogen-bond acceptors (Lipinski definition) is 4. The standard InChI is InChI=1S/C13H21NO3/c1-9(8-15-2)13(14)10-5-6-11(16-3)12(7-10)17-4/h5-7,9,13H,8,14H2,1-4H3. The molecular formula is C13H21NO3. The van der Waals surface area contributed by atoms with Gasteiger partial charge in [0, 0.05) is 13.2 Å². The van der Waals surface area contributed by atoms with Gasteiger partial charge in [-0.15, -0.1) is 0 Å². The predicted molar refractivity (Wildman–Crippen MR) is 67.5 cm³/mol. The van der Waals surface area contributed by atoms with Crippen LogP contribution in [0.1, 0.15) is 18.5 Å². The van der Waals surface area contributed by atoms with Crippen molar-refractivity contribution >= 4 is 0 Å². The molecule has 0 aliphatic heterocycles. The molecule has 0 aliphatic carbocycles. The average molecular weight is 239 g/mol. The van der Waals surface area contributed by atoms with Gasteiger partial charge in [0.2, 0.25) is 0 Å². The first-order chi connectivity index (χ1) is 8.13. The Labute approximate surface area is 103 Å². The normalized spacial score (nSPS) is 14.2. The molecule has 96 valence electrons. The Hall–Kier alpha value is -1.26. The maximum atomic E-state index is 6.16. The van der Waals surface area contributed by atoms with Crippen molar-refractivity contribution in [1.29, 1.82) is 0 Å². The van der Waals surface area contributed by atoms with Crippen LogP contribution in [0.15, 0.2) is 18.2 Å². The van der Waals surface area contributed by atoms with Gasteiger partial charge in [0.25, 0.3) is 0 Å². The quantitative estimate of drug-likeness (QED) is 0.824. The molecule has 4 nitrogen and oxygen atoms in total. The first kappa shape index (κ1) is 13.8. The lowest BCUT2D eigenvalue weighted by Gasteiger charge is -2.20. The van der Waals surface area contributed by atoms with Crippen molar-refractivity contribution in [3.63, 3.8) is 0 Å². The third kappa shape index (κ3) is 3.35. The highest BCUT2D eigenvalue weighted by atomic mass is 16.5. The zero-order valence-electron chi connectivity index (χ0n) is 10.9. The van der Waals surface area contributed by atoms with Crippen LogP contribution in [0.2, 0.25) is 0 Å². The molecule has 1 aromatic carbocycles. The second kappa shape index (κ2) is 6.47. The summed E-state index contributed by atoms with van der Waals surface area (Å²) >= 11 is 0. The smallest absolute Gasteiger partial charge is 0.161 e. The Kier molecular flexibility index (Phi) is 5.25. The summed E-state index contributed by atoms with van der Waals surface area (Å²) in [4.78, 5) is 0. The Balaban J connectivity index is 2.91. The fourth-order valence-electron chi connectivity index (χ4n) is 1.76. The van der Waals surface area contributed by atoms with E-state index >= 15 is 0 Å². The number of nitrogens with two attached hydrogens (primary N) is 1. The van der Waals surface area contributed by atoms with E-state index in [4.69, 9.17) is 19.9 Å². The highest BCUT2D eigenvalue weighted by molar-refractivity contribution is 5.43. The Bertz CT molecular complexity index is 355. The van der Waals surface area contributed by atoms with E-state index in [1.807, 2.05) is 18.2 Å². The maximum Gasteiger partial charge on any atom is 0.161 e. The number of hydrogen-bond donors (Lipinski definition) is 1. The molecule has 1 rings (SSSR count). The van der Waals surface area contributed by atoms with Crippen molar-refractivity contribution in [1.82, 2.24) is 0 Å². The van der Waals surface area contributed by atoms with Crippen molar-refractivity contribution in [3.8, 4) is 11.5 Å². The van der Waals surface area contributed by atoms with Crippen LogP contribution in [0.4, 0.5) is 0 Å². The second-order valence-electron chi connectivity index (χ2n) is 4.07.